The standard InChI is InChI=1S/C15H17BrClNO4/c1-21-15(20)12(18-14(19)13-3-2-6-22-13)8-9-7-10(17)4-5-11(9)16/h4-5,7,12-13H,2-3,6,8H2,1H3,(H,18,19)/t12-,13-/m1/s1. The lowest BCUT2D eigenvalue weighted by molar-refractivity contribution is -0.146. The Hall–Kier alpha value is -1.11. The van der Waals surface area contributed by atoms with E-state index in [1.165, 1.54) is 7.11 Å². The molecule has 1 aliphatic heterocycles. The van der Waals surface area contributed by atoms with E-state index in [9.17, 15) is 9.59 Å². The van der Waals surface area contributed by atoms with Crippen LogP contribution < -0.4 is 5.32 Å². The Balaban J connectivity index is 2.10. The molecule has 0 saturated carbocycles. The normalized spacial score (nSPS) is 18.8. The van der Waals surface area contributed by atoms with Crippen molar-refractivity contribution in [1.29, 1.82) is 0 Å². The van der Waals surface area contributed by atoms with Gasteiger partial charge in [-0.3, -0.25) is 4.79 Å². The summed E-state index contributed by atoms with van der Waals surface area (Å²) in [4.78, 5) is 24.1. The van der Waals surface area contributed by atoms with E-state index >= 15 is 0 Å². The third-order valence-electron chi connectivity index (χ3n) is 3.46. The predicted octanol–water partition coefficient (Wildman–Crippen LogP) is 2.48. The monoisotopic (exact) mass is 389 g/mol. The molecule has 7 heteroatoms. The number of nitrogens with one attached hydrogen (secondary N) is 1. The first kappa shape index (κ1) is 17.2. The number of rotatable bonds is 5. The van der Waals surface area contributed by atoms with Crippen LogP contribution in [0.25, 0.3) is 0 Å². The molecule has 120 valence electrons. The fraction of sp³-hybridized carbons (Fsp3) is 0.467. The molecule has 2 atom stereocenters. The van der Waals surface area contributed by atoms with Gasteiger partial charge in [0, 0.05) is 22.5 Å². The van der Waals surface area contributed by atoms with Crippen molar-refractivity contribution in [3.05, 3.63) is 33.3 Å². The maximum Gasteiger partial charge on any atom is 0.328 e. The molecule has 1 heterocycles. The Morgan fingerprint density at radius 3 is 2.95 bits per heavy atom. The van der Waals surface area contributed by atoms with E-state index in [-0.39, 0.29) is 12.3 Å². The van der Waals surface area contributed by atoms with Gasteiger partial charge in [-0.05, 0) is 36.6 Å². The highest BCUT2D eigenvalue weighted by Crippen LogP contribution is 2.23. The lowest BCUT2D eigenvalue weighted by Gasteiger charge is -2.19. The van der Waals surface area contributed by atoms with E-state index in [0.29, 0.717) is 18.1 Å². The first-order chi connectivity index (χ1) is 10.5. The number of ether oxygens (including phenoxy) is 2. The van der Waals surface area contributed by atoms with Crippen LogP contribution >= 0.6 is 27.5 Å². The van der Waals surface area contributed by atoms with Gasteiger partial charge in [0.1, 0.15) is 12.1 Å². The summed E-state index contributed by atoms with van der Waals surface area (Å²) in [6.07, 6.45) is 1.31. The van der Waals surface area contributed by atoms with Gasteiger partial charge in [-0.1, -0.05) is 27.5 Å². The zero-order valence-electron chi connectivity index (χ0n) is 12.1. The fourth-order valence-corrected chi connectivity index (χ4v) is 2.91. The summed E-state index contributed by atoms with van der Waals surface area (Å²) in [6.45, 7) is 0.570. The van der Waals surface area contributed by atoms with Crippen LogP contribution in [0, 0.1) is 0 Å². The Morgan fingerprint density at radius 2 is 2.32 bits per heavy atom. The molecular weight excluding hydrogens is 374 g/mol. The molecule has 0 aromatic heterocycles. The second kappa shape index (κ2) is 7.94. The molecule has 0 unspecified atom stereocenters. The minimum atomic E-state index is -0.781. The number of carbonyl (C=O) groups excluding carboxylic acids is 2. The lowest BCUT2D eigenvalue weighted by atomic mass is 10.1. The minimum absolute atomic E-state index is 0.284. The topological polar surface area (TPSA) is 64.6 Å². The molecule has 1 amide bonds. The van der Waals surface area contributed by atoms with Crippen LogP contribution in [0.4, 0.5) is 0 Å². The Bertz CT molecular complexity index is 560. The maximum atomic E-state index is 12.1. The molecule has 0 bridgehead atoms. The van der Waals surface area contributed by atoms with Gasteiger partial charge in [0.25, 0.3) is 0 Å². The summed E-state index contributed by atoms with van der Waals surface area (Å²) in [5, 5.41) is 3.26. The molecule has 0 radical (unpaired) electrons. The maximum absolute atomic E-state index is 12.1. The summed E-state index contributed by atoms with van der Waals surface area (Å²) < 4.78 is 10.9. The third kappa shape index (κ3) is 4.44. The molecule has 5 nitrogen and oxygen atoms in total. The van der Waals surface area contributed by atoms with E-state index in [1.807, 2.05) is 0 Å². The number of hydrogen-bond acceptors (Lipinski definition) is 4. The van der Waals surface area contributed by atoms with Crippen molar-refractivity contribution < 1.29 is 19.1 Å². The molecule has 1 aromatic carbocycles. The summed E-state index contributed by atoms with van der Waals surface area (Å²) in [7, 11) is 1.29. The highest BCUT2D eigenvalue weighted by molar-refractivity contribution is 9.10. The van der Waals surface area contributed by atoms with Crippen molar-refractivity contribution >= 4 is 39.4 Å². The van der Waals surface area contributed by atoms with Crippen molar-refractivity contribution in [1.82, 2.24) is 5.32 Å². The van der Waals surface area contributed by atoms with Crippen LogP contribution in [-0.2, 0) is 25.5 Å². The first-order valence-corrected chi connectivity index (χ1v) is 8.12. The van der Waals surface area contributed by atoms with Crippen LogP contribution in [0.15, 0.2) is 22.7 Å². The number of hydrogen-bond donors (Lipinski definition) is 1. The third-order valence-corrected chi connectivity index (χ3v) is 4.46. The highest BCUT2D eigenvalue weighted by Gasteiger charge is 2.29. The van der Waals surface area contributed by atoms with Crippen LogP contribution in [0.3, 0.4) is 0 Å². The van der Waals surface area contributed by atoms with Gasteiger partial charge in [-0.15, -0.1) is 0 Å². The smallest absolute Gasteiger partial charge is 0.328 e. The van der Waals surface area contributed by atoms with Gasteiger partial charge in [-0.2, -0.15) is 0 Å². The average molecular weight is 391 g/mol. The van der Waals surface area contributed by atoms with Crippen LogP contribution in [0.5, 0.6) is 0 Å². The molecule has 0 aliphatic carbocycles. The van der Waals surface area contributed by atoms with E-state index in [1.54, 1.807) is 18.2 Å². The van der Waals surface area contributed by atoms with Crippen LogP contribution in [-0.4, -0.2) is 37.7 Å². The molecule has 0 spiro atoms. The summed E-state index contributed by atoms with van der Waals surface area (Å²) in [5.74, 6) is -0.788. The van der Waals surface area contributed by atoms with Gasteiger partial charge in [0.2, 0.25) is 5.91 Å². The van der Waals surface area contributed by atoms with Crippen molar-refractivity contribution in [2.45, 2.75) is 31.4 Å². The average Bonchev–Trinajstić information content (AvgIpc) is 3.03. The highest BCUT2D eigenvalue weighted by atomic mass is 79.9. The quantitative estimate of drug-likeness (QED) is 0.785. The minimum Gasteiger partial charge on any atom is -0.467 e. The first-order valence-electron chi connectivity index (χ1n) is 6.95. The molecular formula is C15H17BrClNO4. The molecule has 2 rings (SSSR count). The second-order valence-corrected chi connectivity index (χ2v) is 6.32. The summed E-state index contributed by atoms with van der Waals surface area (Å²) in [5.41, 5.74) is 0.815. The number of carbonyl (C=O) groups is 2. The number of benzene rings is 1. The van der Waals surface area contributed by atoms with Gasteiger partial charge < -0.3 is 14.8 Å². The molecule has 22 heavy (non-hydrogen) atoms. The van der Waals surface area contributed by atoms with Gasteiger partial charge >= 0.3 is 5.97 Å². The number of amides is 1. The van der Waals surface area contributed by atoms with Gasteiger partial charge in [-0.25, -0.2) is 4.79 Å². The van der Waals surface area contributed by atoms with E-state index in [2.05, 4.69) is 21.2 Å². The fourth-order valence-electron chi connectivity index (χ4n) is 2.30. The van der Waals surface area contributed by atoms with E-state index < -0.39 is 18.1 Å². The SMILES string of the molecule is COC(=O)[C@@H](Cc1cc(Cl)ccc1Br)NC(=O)[C@H]1CCCO1. The van der Waals surface area contributed by atoms with Crippen LogP contribution in [0.1, 0.15) is 18.4 Å². The van der Waals surface area contributed by atoms with Crippen LogP contribution in [0.2, 0.25) is 5.02 Å². The number of methoxy groups -OCH3 is 1. The molecule has 1 saturated heterocycles. The van der Waals surface area contributed by atoms with Crippen molar-refractivity contribution in [3.63, 3.8) is 0 Å². The molecule has 1 aromatic rings. The van der Waals surface area contributed by atoms with Crippen molar-refractivity contribution in [2.75, 3.05) is 13.7 Å². The lowest BCUT2D eigenvalue weighted by Crippen LogP contribution is -2.47. The van der Waals surface area contributed by atoms with E-state index in [4.69, 9.17) is 21.1 Å². The van der Waals surface area contributed by atoms with E-state index in [0.717, 1.165) is 16.5 Å². The molecule has 1 N–H and O–H groups in total. The largest absolute Gasteiger partial charge is 0.467 e. The molecule has 1 fully saturated rings. The van der Waals surface area contributed by atoms with Gasteiger partial charge in [0.15, 0.2) is 0 Å². The number of esters is 1. The van der Waals surface area contributed by atoms with Crippen molar-refractivity contribution in [2.24, 2.45) is 0 Å². The Labute approximate surface area is 142 Å². The Kier molecular flexibility index (Phi) is 6.23. The zero-order valence-corrected chi connectivity index (χ0v) is 14.4. The molecule has 1 aliphatic rings. The zero-order chi connectivity index (χ0) is 16.1. The van der Waals surface area contributed by atoms with Crippen molar-refractivity contribution in [3.8, 4) is 0 Å². The summed E-state index contributed by atoms with van der Waals surface area (Å²) >= 11 is 9.39. The number of halogens is 2. The predicted molar refractivity (Wildman–Crippen MR) is 85.8 cm³/mol. The summed E-state index contributed by atoms with van der Waals surface area (Å²) in [6, 6.07) is 4.51. The van der Waals surface area contributed by atoms with Gasteiger partial charge in [0.05, 0.1) is 7.11 Å². The Morgan fingerprint density at radius 1 is 1.55 bits per heavy atom. The second-order valence-electron chi connectivity index (χ2n) is 5.03.